The van der Waals surface area contributed by atoms with Crippen molar-refractivity contribution in [3.63, 3.8) is 0 Å². The lowest BCUT2D eigenvalue weighted by molar-refractivity contribution is -0.386. The highest BCUT2D eigenvalue weighted by molar-refractivity contribution is 9.13. The first-order chi connectivity index (χ1) is 5.95. The van der Waals surface area contributed by atoms with Gasteiger partial charge in [-0.3, -0.25) is 10.1 Å². The minimum atomic E-state index is -0.625. The Morgan fingerprint density at radius 2 is 2.00 bits per heavy atom. The summed E-state index contributed by atoms with van der Waals surface area (Å²) >= 11 is 6.23. The highest BCUT2D eigenvalue weighted by atomic mass is 79.9. The summed E-state index contributed by atoms with van der Waals surface area (Å²) in [6, 6.07) is 1.31. The van der Waals surface area contributed by atoms with Crippen LogP contribution in [0.25, 0.3) is 0 Å². The molecule has 70 valence electrons. The third-order valence-corrected chi connectivity index (χ3v) is 3.87. The molecule has 0 saturated carbocycles. The van der Waals surface area contributed by atoms with E-state index in [1.807, 2.05) is 0 Å². The van der Waals surface area contributed by atoms with Gasteiger partial charge in [-0.1, -0.05) is 0 Å². The summed E-state index contributed by atoms with van der Waals surface area (Å²) in [6.45, 7) is 1.71. The zero-order chi connectivity index (χ0) is 10.2. The van der Waals surface area contributed by atoms with E-state index in [-0.39, 0.29) is 11.4 Å². The zero-order valence-corrected chi connectivity index (χ0v) is 9.72. The molecule has 0 unspecified atom stereocenters. The van der Waals surface area contributed by atoms with Gasteiger partial charge in [-0.05, 0) is 44.3 Å². The smallest absolute Gasteiger partial charge is 0.312 e. The minimum Gasteiger partial charge on any atom is -0.501 e. The van der Waals surface area contributed by atoms with Gasteiger partial charge in [0.25, 0.3) is 0 Å². The van der Waals surface area contributed by atoms with Crippen LogP contribution in [0.3, 0.4) is 0 Å². The van der Waals surface area contributed by atoms with Crippen molar-refractivity contribution >= 4 is 37.5 Å². The number of nitrogens with zero attached hydrogens (tertiary/aromatic N) is 1. The highest BCUT2D eigenvalue weighted by Gasteiger charge is 2.19. The Bertz CT molecular complexity index is 378. The molecule has 1 aromatic carbocycles. The molecule has 0 bridgehead atoms. The lowest BCUT2D eigenvalue weighted by Gasteiger charge is -2.03. The Morgan fingerprint density at radius 3 is 2.46 bits per heavy atom. The third kappa shape index (κ3) is 1.83. The standard InChI is InChI=1S/C7H5Br2NO3/c1-3-2-4(10(12)13)7(11)6(9)5(3)8/h2,11H,1H3. The van der Waals surface area contributed by atoms with Crippen molar-refractivity contribution < 1.29 is 10.0 Å². The molecule has 1 N–H and O–H groups in total. The maximum absolute atomic E-state index is 10.4. The molecule has 0 heterocycles. The van der Waals surface area contributed by atoms with Gasteiger partial charge in [0.15, 0.2) is 0 Å². The van der Waals surface area contributed by atoms with E-state index >= 15 is 0 Å². The van der Waals surface area contributed by atoms with Crippen LogP contribution in [0.5, 0.6) is 5.75 Å². The zero-order valence-electron chi connectivity index (χ0n) is 6.54. The largest absolute Gasteiger partial charge is 0.501 e. The fraction of sp³-hybridized carbons (Fsp3) is 0.143. The molecule has 1 rings (SSSR count). The first-order valence-corrected chi connectivity index (χ1v) is 4.85. The van der Waals surface area contributed by atoms with Gasteiger partial charge in [-0.25, -0.2) is 0 Å². The second-order valence-electron chi connectivity index (χ2n) is 2.45. The van der Waals surface area contributed by atoms with Crippen LogP contribution < -0.4 is 0 Å². The van der Waals surface area contributed by atoms with Crippen LogP contribution >= 0.6 is 31.9 Å². The summed E-state index contributed by atoms with van der Waals surface area (Å²) < 4.78 is 0.926. The van der Waals surface area contributed by atoms with Gasteiger partial charge in [0, 0.05) is 10.5 Å². The maximum Gasteiger partial charge on any atom is 0.312 e. The first-order valence-electron chi connectivity index (χ1n) is 3.27. The van der Waals surface area contributed by atoms with Crippen LogP contribution in [0, 0.1) is 17.0 Å². The molecule has 1 aromatic rings. The lowest BCUT2D eigenvalue weighted by atomic mass is 10.2. The fourth-order valence-electron chi connectivity index (χ4n) is 0.865. The molecular weight excluding hydrogens is 306 g/mol. The molecule has 4 nitrogen and oxygen atoms in total. The molecule has 0 amide bonds. The van der Waals surface area contributed by atoms with Crippen molar-refractivity contribution in [1.29, 1.82) is 0 Å². The van der Waals surface area contributed by atoms with Gasteiger partial charge in [0.1, 0.15) is 0 Å². The topological polar surface area (TPSA) is 63.4 Å². The average Bonchev–Trinajstić information content (AvgIpc) is 2.07. The van der Waals surface area contributed by atoms with Crippen molar-refractivity contribution in [3.8, 4) is 5.75 Å². The summed E-state index contributed by atoms with van der Waals surface area (Å²) in [4.78, 5) is 9.82. The third-order valence-electron chi connectivity index (χ3n) is 1.54. The number of hydrogen-bond donors (Lipinski definition) is 1. The molecule has 0 spiro atoms. The number of hydrogen-bond acceptors (Lipinski definition) is 3. The summed E-state index contributed by atoms with van der Waals surface area (Å²) in [5.74, 6) is -0.359. The van der Waals surface area contributed by atoms with E-state index in [1.165, 1.54) is 6.07 Å². The Balaban J connectivity index is 3.50. The van der Waals surface area contributed by atoms with Gasteiger partial charge < -0.3 is 5.11 Å². The Labute approximate surface area is 91.0 Å². The lowest BCUT2D eigenvalue weighted by Crippen LogP contribution is -1.91. The predicted octanol–water partition coefficient (Wildman–Crippen LogP) is 3.13. The number of nitro benzene ring substituents is 1. The number of halogens is 2. The summed E-state index contributed by atoms with van der Waals surface area (Å²) in [5, 5.41) is 19.8. The van der Waals surface area contributed by atoms with Gasteiger partial charge >= 0.3 is 5.69 Å². The number of aromatic hydroxyl groups is 1. The SMILES string of the molecule is Cc1cc([N+](=O)[O-])c(O)c(Br)c1Br. The Kier molecular flexibility index (Phi) is 2.92. The molecule has 0 aliphatic heterocycles. The predicted molar refractivity (Wildman–Crippen MR) is 54.9 cm³/mol. The second-order valence-corrected chi connectivity index (χ2v) is 4.03. The molecule has 0 saturated heterocycles. The molecule has 0 fully saturated rings. The first kappa shape index (κ1) is 10.5. The minimum absolute atomic E-state index is 0.299. The number of phenolic OH excluding ortho intramolecular Hbond substituents is 1. The second kappa shape index (κ2) is 3.63. The molecule has 13 heavy (non-hydrogen) atoms. The number of aryl methyl sites for hydroxylation is 1. The van der Waals surface area contributed by atoms with E-state index in [2.05, 4.69) is 31.9 Å². The summed E-state index contributed by atoms with van der Waals surface area (Å²) in [7, 11) is 0. The van der Waals surface area contributed by atoms with E-state index in [0.717, 1.165) is 0 Å². The molecule has 0 aliphatic rings. The quantitative estimate of drug-likeness (QED) is 0.640. The molecule has 6 heteroatoms. The van der Waals surface area contributed by atoms with Crippen LogP contribution in [-0.4, -0.2) is 10.0 Å². The molecule has 0 aromatic heterocycles. The summed E-state index contributed by atoms with van der Waals surface area (Å²) in [5.41, 5.74) is 0.393. The van der Waals surface area contributed by atoms with Gasteiger partial charge in [-0.2, -0.15) is 0 Å². The van der Waals surface area contributed by atoms with E-state index in [9.17, 15) is 15.2 Å². The monoisotopic (exact) mass is 309 g/mol. The van der Waals surface area contributed by atoms with E-state index < -0.39 is 4.92 Å². The Morgan fingerprint density at radius 1 is 1.46 bits per heavy atom. The summed E-state index contributed by atoms with van der Waals surface area (Å²) in [6.07, 6.45) is 0. The highest BCUT2D eigenvalue weighted by Crippen LogP contribution is 2.40. The van der Waals surface area contributed by atoms with E-state index in [0.29, 0.717) is 14.5 Å². The molecule has 0 radical (unpaired) electrons. The fourth-order valence-corrected chi connectivity index (χ4v) is 1.68. The van der Waals surface area contributed by atoms with Crippen LogP contribution in [0.15, 0.2) is 15.0 Å². The van der Waals surface area contributed by atoms with E-state index in [1.54, 1.807) is 6.92 Å². The number of phenols is 1. The number of benzene rings is 1. The van der Waals surface area contributed by atoms with Crippen LogP contribution in [0.4, 0.5) is 5.69 Å². The molecule has 0 atom stereocenters. The molecular formula is C7H5Br2NO3. The van der Waals surface area contributed by atoms with Crippen molar-refractivity contribution in [3.05, 3.63) is 30.7 Å². The van der Waals surface area contributed by atoms with Crippen molar-refractivity contribution in [2.24, 2.45) is 0 Å². The van der Waals surface area contributed by atoms with Gasteiger partial charge in [0.05, 0.1) is 9.40 Å². The number of rotatable bonds is 1. The van der Waals surface area contributed by atoms with Crippen LogP contribution in [-0.2, 0) is 0 Å². The normalized spacial score (nSPS) is 10.1. The van der Waals surface area contributed by atoms with Crippen molar-refractivity contribution in [2.75, 3.05) is 0 Å². The maximum atomic E-state index is 10.4. The molecule has 0 aliphatic carbocycles. The average molecular weight is 311 g/mol. The van der Waals surface area contributed by atoms with Crippen molar-refractivity contribution in [2.45, 2.75) is 6.92 Å². The van der Waals surface area contributed by atoms with Crippen LogP contribution in [0.2, 0.25) is 0 Å². The van der Waals surface area contributed by atoms with Crippen molar-refractivity contribution in [1.82, 2.24) is 0 Å². The Hall–Kier alpha value is -0.620. The van der Waals surface area contributed by atoms with Gasteiger partial charge in [0.2, 0.25) is 5.75 Å². The van der Waals surface area contributed by atoms with E-state index in [4.69, 9.17) is 0 Å². The van der Waals surface area contributed by atoms with Crippen LogP contribution in [0.1, 0.15) is 5.56 Å². The number of nitro groups is 1. The van der Waals surface area contributed by atoms with Gasteiger partial charge in [-0.15, -0.1) is 0 Å².